The fourth-order valence-corrected chi connectivity index (χ4v) is 2.86. The Labute approximate surface area is 121 Å². The van der Waals surface area contributed by atoms with Crippen molar-refractivity contribution in [2.24, 2.45) is 0 Å². The Balaban J connectivity index is 2.06. The molecule has 1 heterocycles. The SMILES string of the molecule is Cc1ccc(Sc2coc3ccc(C)cc3c2=O)cc1. The molecule has 3 rings (SSSR count). The van der Waals surface area contributed by atoms with E-state index in [0.29, 0.717) is 15.9 Å². The average Bonchev–Trinajstić information content (AvgIpc) is 2.45. The van der Waals surface area contributed by atoms with Gasteiger partial charge in [-0.1, -0.05) is 41.1 Å². The van der Waals surface area contributed by atoms with Crippen molar-refractivity contribution >= 4 is 22.7 Å². The highest BCUT2D eigenvalue weighted by molar-refractivity contribution is 7.99. The molecule has 2 nitrogen and oxygen atoms in total. The summed E-state index contributed by atoms with van der Waals surface area (Å²) in [6.07, 6.45) is 1.55. The molecule has 0 spiro atoms. The lowest BCUT2D eigenvalue weighted by Gasteiger charge is -2.03. The summed E-state index contributed by atoms with van der Waals surface area (Å²) in [5.74, 6) is 0. The average molecular weight is 282 g/mol. The van der Waals surface area contributed by atoms with Crippen LogP contribution in [-0.2, 0) is 0 Å². The fraction of sp³-hybridized carbons (Fsp3) is 0.118. The van der Waals surface area contributed by atoms with Crippen molar-refractivity contribution in [2.75, 3.05) is 0 Å². The van der Waals surface area contributed by atoms with Crippen LogP contribution in [0.25, 0.3) is 11.0 Å². The largest absolute Gasteiger partial charge is 0.463 e. The van der Waals surface area contributed by atoms with E-state index in [9.17, 15) is 4.79 Å². The third-order valence-electron chi connectivity index (χ3n) is 3.15. The van der Waals surface area contributed by atoms with Crippen molar-refractivity contribution in [3.8, 4) is 0 Å². The molecule has 0 amide bonds. The van der Waals surface area contributed by atoms with Gasteiger partial charge in [0.25, 0.3) is 0 Å². The van der Waals surface area contributed by atoms with Crippen molar-refractivity contribution in [1.82, 2.24) is 0 Å². The van der Waals surface area contributed by atoms with E-state index >= 15 is 0 Å². The van der Waals surface area contributed by atoms with E-state index in [1.54, 1.807) is 6.26 Å². The van der Waals surface area contributed by atoms with Gasteiger partial charge in [-0.05, 0) is 38.1 Å². The first-order valence-electron chi connectivity index (χ1n) is 6.40. The van der Waals surface area contributed by atoms with Crippen LogP contribution in [0.15, 0.2) is 67.7 Å². The number of aryl methyl sites for hydroxylation is 2. The number of fused-ring (bicyclic) bond motifs is 1. The molecule has 3 heteroatoms. The molecule has 100 valence electrons. The van der Waals surface area contributed by atoms with Gasteiger partial charge in [0.15, 0.2) is 0 Å². The lowest BCUT2D eigenvalue weighted by molar-refractivity contribution is 0.587. The molecule has 0 atom stereocenters. The second-order valence-corrected chi connectivity index (χ2v) is 5.96. The summed E-state index contributed by atoms with van der Waals surface area (Å²) >= 11 is 1.44. The maximum absolute atomic E-state index is 12.5. The van der Waals surface area contributed by atoms with E-state index in [1.165, 1.54) is 17.3 Å². The molecule has 0 bridgehead atoms. The van der Waals surface area contributed by atoms with Crippen molar-refractivity contribution in [1.29, 1.82) is 0 Å². The summed E-state index contributed by atoms with van der Waals surface area (Å²) in [5, 5.41) is 0.641. The molecule has 2 aromatic carbocycles. The fourth-order valence-electron chi connectivity index (χ4n) is 2.03. The molecule has 0 unspecified atom stereocenters. The molecule has 0 aliphatic rings. The standard InChI is InChI=1S/C17H14O2S/c1-11-3-6-13(7-4-11)20-16-10-19-15-8-5-12(2)9-14(15)17(16)18/h3-10H,1-2H3. The molecule has 1 aromatic heterocycles. The summed E-state index contributed by atoms with van der Waals surface area (Å²) in [6, 6.07) is 13.8. The second-order valence-electron chi connectivity index (χ2n) is 4.84. The minimum Gasteiger partial charge on any atom is -0.463 e. The molecule has 0 aliphatic heterocycles. The first-order valence-corrected chi connectivity index (χ1v) is 7.22. The van der Waals surface area contributed by atoms with E-state index in [-0.39, 0.29) is 5.43 Å². The Morgan fingerprint density at radius 2 is 1.65 bits per heavy atom. The molecular weight excluding hydrogens is 268 g/mol. The molecular formula is C17H14O2S. The van der Waals surface area contributed by atoms with Gasteiger partial charge in [0.1, 0.15) is 11.8 Å². The third-order valence-corrected chi connectivity index (χ3v) is 4.15. The Hall–Kier alpha value is -2.00. The van der Waals surface area contributed by atoms with Crippen LogP contribution in [0.4, 0.5) is 0 Å². The maximum atomic E-state index is 12.5. The van der Waals surface area contributed by atoms with Gasteiger partial charge in [-0.2, -0.15) is 0 Å². The highest BCUT2D eigenvalue weighted by atomic mass is 32.2. The zero-order valence-corrected chi connectivity index (χ0v) is 12.2. The number of rotatable bonds is 2. The van der Waals surface area contributed by atoms with Crippen molar-refractivity contribution in [3.63, 3.8) is 0 Å². The Morgan fingerprint density at radius 3 is 2.40 bits per heavy atom. The van der Waals surface area contributed by atoms with E-state index < -0.39 is 0 Å². The topological polar surface area (TPSA) is 30.2 Å². The third kappa shape index (κ3) is 2.49. The van der Waals surface area contributed by atoms with E-state index in [1.807, 2.05) is 56.3 Å². The van der Waals surface area contributed by atoms with Crippen molar-refractivity contribution < 1.29 is 4.42 Å². The lowest BCUT2D eigenvalue weighted by atomic mass is 10.1. The molecule has 0 aliphatic carbocycles. The zero-order chi connectivity index (χ0) is 14.1. The number of benzene rings is 2. The first kappa shape index (κ1) is 13.0. The van der Waals surface area contributed by atoms with Gasteiger partial charge in [0, 0.05) is 4.90 Å². The predicted octanol–water partition coefficient (Wildman–Crippen LogP) is 4.56. The predicted molar refractivity (Wildman–Crippen MR) is 82.5 cm³/mol. The normalized spacial score (nSPS) is 10.9. The molecule has 0 saturated heterocycles. The van der Waals surface area contributed by atoms with Crippen LogP contribution >= 0.6 is 11.8 Å². The molecule has 0 saturated carbocycles. The van der Waals surface area contributed by atoms with Crippen LogP contribution in [-0.4, -0.2) is 0 Å². The summed E-state index contributed by atoms with van der Waals surface area (Å²) in [6.45, 7) is 4.01. The highest BCUT2D eigenvalue weighted by Crippen LogP contribution is 2.27. The van der Waals surface area contributed by atoms with Crippen LogP contribution in [0.1, 0.15) is 11.1 Å². The van der Waals surface area contributed by atoms with Gasteiger partial charge < -0.3 is 4.42 Å². The van der Waals surface area contributed by atoms with Crippen LogP contribution in [0.5, 0.6) is 0 Å². The Morgan fingerprint density at radius 1 is 0.950 bits per heavy atom. The van der Waals surface area contributed by atoms with Crippen LogP contribution in [0.3, 0.4) is 0 Å². The smallest absolute Gasteiger partial charge is 0.206 e. The van der Waals surface area contributed by atoms with E-state index in [4.69, 9.17) is 4.42 Å². The van der Waals surface area contributed by atoms with Gasteiger partial charge in [-0.25, -0.2) is 0 Å². The van der Waals surface area contributed by atoms with E-state index in [0.717, 1.165) is 10.5 Å². The Kier molecular flexibility index (Phi) is 3.36. The molecule has 20 heavy (non-hydrogen) atoms. The second kappa shape index (κ2) is 5.17. The van der Waals surface area contributed by atoms with Gasteiger partial charge in [-0.3, -0.25) is 4.79 Å². The Bertz CT molecular complexity index is 817. The van der Waals surface area contributed by atoms with Crippen molar-refractivity contribution in [2.45, 2.75) is 23.6 Å². The van der Waals surface area contributed by atoms with Crippen molar-refractivity contribution in [3.05, 3.63) is 70.1 Å². The minimum atomic E-state index is 0.0283. The van der Waals surface area contributed by atoms with Crippen LogP contribution in [0, 0.1) is 13.8 Å². The lowest BCUT2D eigenvalue weighted by Crippen LogP contribution is -2.03. The van der Waals surface area contributed by atoms with Gasteiger partial charge >= 0.3 is 0 Å². The van der Waals surface area contributed by atoms with Crippen LogP contribution in [0.2, 0.25) is 0 Å². The summed E-state index contributed by atoms with van der Waals surface area (Å²) in [7, 11) is 0. The first-order chi connectivity index (χ1) is 9.63. The molecule has 3 aromatic rings. The zero-order valence-electron chi connectivity index (χ0n) is 11.3. The number of hydrogen-bond donors (Lipinski definition) is 0. The molecule has 0 fully saturated rings. The van der Waals surface area contributed by atoms with Crippen LogP contribution < -0.4 is 5.43 Å². The van der Waals surface area contributed by atoms with Gasteiger partial charge in [0.2, 0.25) is 5.43 Å². The number of hydrogen-bond acceptors (Lipinski definition) is 3. The highest BCUT2D eigenvalue weighted by Gasteiger charge is 2.08. The maximum Gasteiger partial charge on any atom is 0.206 e. The minimum absolute atomic E-state index is 0.0283. The summed E-state index contributed by atoms with van der Waals surface area (Å²) in [5.41, 5.74) is 2.92. The van der Waals surface area contributed by atoms with Gasteiger partial charge in [0.05, 0.1) is 10.3 Å². The summed E-state index contributed by atoms with van der Waals surface area (Å²) in [4.78, 5) is 14.1. The monoisotopic (exact) mass is 282 g/mol. The summed E-state index contributed by atoms with van der Waals surface area (Å²) < 4.78 is 5.55. The quantitative estimate of drug-likeness (QED) is 0.690. The van der Waals surface area contributed by atoms with E-state index in [2.05, 4.69) is 0 Å². The molecule has 0 N–H and O–H groups in total. The van der Waals surface area contributed by atoms with Gasteiger partial charge in [-0.15, -0.1) is 0 Å². The molecule has 0 radical (unpaired) electrons.